The van der Waals surface area contributed by atoms with E-state index in [0.717, 1.165) is 26.3 Å². The molecular formula is C16H30ClN3O2. The van der Waals surface area contributed by atoms with Crippen molar-refractivity contribution < 1.29 is 9.53 Å². The molecule has 5 nitrogen and oxygen atoms in total. The second-order valence-corrected chi connectivity index (χ2v) is 7.04. The van der Waals surface area contributed by atoms with Crippen molar-refractivity contribution in [1.82, 2.24) is 15.5 Å². The molecule has 2 aliphatic heterocycles. The molecule has 4 unspecified atom stereocenters. The van der Waals surface area contributed by atoms with Gasteiger partial charge >= 0.3 is 0 Å². The van der Waals surface area contributed by atoms with E-state index < -0.39 is 0 Å². The molecule has 1 aliphatic carbocycles. The van der Waals surface area contributed by atoms with Crippen LogP contribution >= 0.6 is 12.4 Å². The third kappa shape index (κ3) is 3.94. The van der Waals surface area contributed by atoms with E-state index in [1.54, 1.807) is 0 Å². The zero-order valence-corrected chi connectivity index (χ0v) is 14.5. The largest absolute Gasteiger partial charge is 0.379 e. The molecule has 128 valence electrons. The molecule has 0 aromatic carbocycles. The van der Waals surface area contributed by atoms with E-state index in [4.69, 9.17) is 4.74 Å². The molecule has 2 N–H and O–H groups in total. The fourth-order valence-electron chi connectivity index (χ4n) is 4.18. The first kappa shape index (κ1) is 18.0. The van der Waals surface area contributed by atoms with Crippen LogP contribution in [-0.2, 0) is 9.53 Å². The van der Waals surface area contributed by atoms with Gasteiger partial charge in [0.15, 0.2) is 0 Å². The molecule has 1 amide bonds. The van der Waals surface area contributed by atoms with E-state index >= 15 is 0 Å². The maximum Gasteiger partial charge on any atom is 0.224 e. The van der Waals surface area contributed by atoms with Gasteiger partial charge in [-0.3, -0.25) is 4.79 Å². The van der Waals surface area contributed by atoms with Crippen LogP contribution in [0.4, 0.5) is 0 Å². The Morgan fingerprint density at radius 1 is 1.36 bits per heavy atom. The van der Waals surface area contributed by atoms with Crippen molar-refractivity contribution in [2.45, 2.75) is 63.7 Å². The fraction of sp³-hybridized carbons (Fsp3) is 0.938. The van der Waals surface area contributed by atoms with Gasteiger partial charge in [0.25, 0.3) is 0 Å². The van der Waals surface area contributed by atoms with E-state index in [0.29, 0.717) is 42.4 Å². The average molecular weight is 332 g/mol. The highest BCUT2D eigenvalue weighted by Gasteiger charge is 2.38. The van der Waals surface area contributed by atoms with E-state index in [2.05, 4.69) is 24.5 Å². The van der Waals surface area contributed by atoms with Crippen molar-refractivity contribution in [1.29, 1.82) is 0 Å². The summed E-state index contributed by atoms with van der Waals surface area (Å²) in [6, 6.07) is 1.67. The molecule has 0 bridgehead atoms. The molecule has 0 aromatic rings. The Morgan fingerprint density at radius 2 is 2.18 bits per heavy atom. The molecule has 0 spiro atoms. The van der Waals surface area contributed by atoms with Gasteiger partial charge in [0.05, 0.1) is 13.2 Å². The SMILES string of the molecule is CC(C)N1CC(NC2CCCC2C2COCCN2)CC1=O.Cl. The van der Waals surface area contributed by atoms with Crippen LogP contribution in [0.2, 0.25) is 0 Å². The molecule has 6 heteroatoms. The minimum atomic E-state index is 0. The number of hydrogen-bond acceptors (Lipinski definition) is 4. The third-order valence-electron chi connectivity index (χ3n) is 5.27. The van der Waals surface area contributed by atoms with Gasteiger partial charge in [-0.1, -0.05) is 6.42 Å². The predicted octanol–water partition coefficient (Wildman–Crippen LogP) is 1.16. The Kier molecular flexibility index (Phi) is 6.50. The second kappa shape index (κ2) is 7.95. The summed E-state index contributed by atoms with van der Waals surface area (Å²) in [6.07, 6.45) is 4.45. The molecule has 3 aliphatic rings. The first-order chi connectivity index (χ1) is 10.1. The first-order valence-corrected chi connectivity index (χ1v) is 8.52. The van der Waals surface area contributed by atoms with Gasteiger partial charge in [-0.2, -0.15) is 0 Å². The lowest BCUT2D eigenvalue weighted by Gasteiger charge is -2.34. The van der Waals surface area contributed by atoms with Crippen molar-refractivity contribution in [3.63, 3.8) is 0 Å². The topological polar surface area (TPSA) is 53.6 Å². The third-order valence-corrected chi connectivity index (χ3v) is 5.27. The van der Waals surface area contributed by atoms with Gasteiger partial charge in [0, 0.05) is 43.7 Å². The van der Waals surface area contributed by atoms with Crippen LogP contribution in [0.1, 0.15) is 39.5 Å². The highest BCUT2D eigenvalue weighted by Crippen LogP contribution is 2.30. The van der Waals surface area contributed by atoms with Crippen molar-refractivity contribution in [2.75, 3.05) is 26.3 Å². The Balaban J connectivity index is 0.00000176. The van der Waals surface area contributed by atoms with Gasteiger partial charge in [-0.25, -0.2) is 0 Å². The molecule has 3 fully saturated rings. The minimum absolute atomic E-state index is 0. The number of likely N-dealkylation sites (tertiary alicyclic amines) is 1. The van der Waals surface area contributed by atoms with Gasteiger partial charge in [0.1, 0.15) is 0 Å². The van der Waals surface area contributed by atoms with E-state index in [-0.39, 0.29) is 12.4 Å². The number of nitrogens with zero attached hydrogens (tertiary/aromatic N) is 1. The van der Waals surface area contributed by atoms with Crippen LogP contribution in [0.25, 0.3) is 0 Å². The summed E-state index contributed by atoms with van der Waals surface area (Å²) in [5.41, 5.74) is 0. The lowest BCUT2D eigenvalue weighted by atomic mass is 9.93. The number of hydrogen-bond donors (Lipinski definition) is 2. The monoisotopic (exact) mass is 331 g/mol. The van der Waals surface area contributed by atoms with Gasteiger partial charge in [0.2, 0.25) is 5.91 Å². The number of rotatable bonds is 4. The summed E-state index contributed by atoms with van der Waals surface area (Å²) < 4.78 is 5.63. The van der Waals surface area contributed by atoms with Crippen molar-refractivity contribution in [2.24, 2.45) is 5.92 Å². The van der Waals surface area contributed by atoms with Crippen LogP contribution in [0.5, 0.6) is 0 Å². The normalized spacial score (nSPS) is 36.0. The highest BCUT2D eigenvalue weighted by atomic mass is 35.5. The Hall–Kier alpha value is -0.360. The molecule has 0 aromatic heterocycles. The summed E-state index contributed by atoms with van der Waals surface area (Å²) in [5, 5.41) is 7.39. The summed E-state index contributed by atoms with van der Waals surface area (Å²) in [5.74, 6) is 0.949. The Morgan fingerprint density at radius 3 is 2.82 bits per heavy atom. The average Bonchev–Trinajstić information content (AvgIpc) is 3.07. The molecule has 2 heterocycles. The summed E-state index contributed by atoms with van der Waals surface area (Å²) in [7, 11) is 0. The van der Waals surface area contributed by atoms with Crippen molar-refractivity contribution in [3.05, 3.63) is 0 Å². The van der Waals surface area contributed by atoms with Crippen molar-refractivity contribution in [3.8, 4) is 0 Å². The molecular weight excluding hydrogens is 302 g/mol. The minimum Gasteiger partial charge on any atom is -0.379 e. The number of amides is 1. The molecule has 2 saturated heterocycles. The number of carbonyl (C=O) groups is 1. The van der Waals surface area contributed by atoms with Gasteiger partial charge < -0.3 is 20.3 Å². The van der Waals surface area contributed by atoms with E-state index in [1.165, 1.54) is 19.3 Å². The maximum absolute atomic E-state index is 12.0. The predicted molar refractivity (Wildman–Crippen MR) is 89.4 cm³/mol. The number of ether oxygens (including phenoxy) is 1. The standard InChI is InChI=1S/C16H29N3O2.ClH/c1-11(2)19-9-12(8-16(19)20)18-14-5-3-4-13(14)15-10-21-7-6-17-15;/h11-15,17-18H,3-10H2,1-2H3;1H. The smallest absolute Gasteiger partial charge is 0.224 e. The van der Waals surface area contributed by atoms with E-state index in [1.807, 2.05) is 4.90 Å². The second-order valence-electron chi connectivity index (χ2n) is 7.04. The Bertz CT molecular complexity index is 374. The maximum atomic E-state index is 12.0. The zero-order chi connectivity index (χ0) is 14.8. The Labute approximate surface area is 139 Å². The number of nitrogens with one attached hydrogen (secondary N) is 2. The molecule has 1 saturated carbocycles. The molecule has 3 rings (SSSR count). The lowest BCUT2D eigenvalue weighted by molar-refractivity contribution is -0.129. The van der Waals surface area contributed by atoms with Gasteiger partial charge in [-0.15, -0.1) is 12.4 Å². The fourth-order valence-corrected chi connectivity index (χ4v) is 4.18. The van der Waals surface area contributed by atoms with Crippen LogP contribution in [0.15, 0.2) is 0 Å². The van der Waals surface area contributed by atoms with Crippen LogP contribution in [0.3, 0.4) is 0 Å². The lowest BCUT2D eigenvalue weighted by Crippen LogP contribution is -2.52. The van der Waals surface area contributed by atoms with E-state index in [9.17, 15) is 4.79 Å². The number of morpholine rings is 1. The number of halogens is 1. The zero-order valence-electron chi connectivity index (χ0n) is 13.7. The molecule has 0 radical (unpaired) electrons. The summed E-state index contributed by atoms with van der Waals surface area (Å²) in [6.45, 7) is 7.71. The number of carbonyl (C=O) groups excluding carboxylic acids is 1. The van der Waals surface area contributed by atoms with Crippen LogP contribution in [-0.4, -0.2) is 61.3 Å². The van der Waals surface area contributed by atoms with Crippen LogP contribution in [0, 0.1) is 5.92 Å². The molecule has 22 heavy (non-hydrogen) atoms. The first-order valence-electron chi connectivity index (χ1n) is 8.52. The molecule has 4 atom stereocenters. The van der Waals surface area contributed by atoms with Crippen molar-refractivity contribution >= 4 is 18.3 Å². The highest BCUT2D eigenvalue weighted by molar-refractivity contribution is 5.85. The quantitative estimate of drug-likeness (QED) is 0.812. The summed E-state index contributed by atoms with van der Waals surface area (Å²) >= 11 is 0. The van der Waals surface area contributed by atoms with Crippen LogP contribution < -0.4 is 10.6 Å². The van der Waals surface area contributed by atoms with Gasteiger partial charge in [-0.05, 0) is 32.6 Å². The summed E-state index contributed by atoms with van der Waals surface area (Å²) in [4.78, 5) is 14.0.